The molecule has 4 rings (SSSR count). The fraction of sp³-hybridized carbons (Fsp3) is 0. The second-order valence-corrected chi connectivity index (χ2v) is 6.53. The topological polar surface area (TPSA) is 61.3 Å². The molecule has 2 N–H and O–H groups in total. The van der Waals surface area contributed by atoms with E-state index in [4.69, 9.17) is 0 Å². The van der Waals surface area contributed by atoms with Crippen LogP contribution in [0.25, 0.3) is 22.4 Å². The molecule has 1 heterocycles. The third kappa shape index (κ3) is 3.32. The number of rotatable bonds is 3. The Morgan fingerprint density at radius 1 is 1.00 bits per heavy atom. The molecule has 0 aliphatic rings. The van der Waals surface area contributed by atoms with Crippen LogP contribution in [0.2, 0.25) is 0 Å². The lowest BCUT2D eigenvalue weighted by atomic mass is 10.2. The van der Waals surface area contributed by atoms with Crippen LogP contribution >= 0.6 is 15.9 Å². The van der Waals surface area contributed by atoms with Gasteiger partial charge < -0.3 is 10.1 Å². The molecular weight excluding hydrogens is 378 g/mol. The molecule has 0 radical (unpaired) electrons. The predicted octanol–water partition coefficient (Wildman–Crippen LogP) is 5.45. The Morgan fingerprint density at radius 2 is 1.80 bits per heavy atom. The van der Waals surface area contributed by atoms with E-state index < -0.39 is 0 Å². The van der Waals surface area contributed by atoms with Crippen molar-refractivity contribution in [1.82, 2.24) is 9.97 Å². The molecule has 0 saturated carbocycles. The summed E-state index contributed by atoms with van der Waals surface area (Å²) in [7, 11) is 0. The van der Waals surface area contributed by atoms with Crippen molar-refractivity contribution >= 4 is 38.9 Å². The molecule has 0 atom stereocenters. The van der Waals surface area contributed by atoms with E-state index in [1.54, 1.807) is 18.3 Å². The molecule has 0 bridgehead atoms. The van der Waals surface area contributed by atoms with Crippen molar-refractivity contribution in [1.29, 1.82) is 0 Å². The van der Waals surface area contributed by atoms with Crippen LogP contribution < -0.4 is 0 Å². The normalized spacial score (nSPS) is 11.4. The van der Waals surface area contributed by atoms with Gasteiger partial charge in [-0.15, -0.1) is 0 Å². The summed E-state index contributed by atoms with van der Waals surface area (Å²) >= 11 is 3.39. The van der Waals surface area contributed by atoms with Crippen LogP contribution in [0.15, 0.2) is 76.2 Å². The number of H-pyrrole nitrogens is 1. The number of para-hydroxylation sites is 2. The number of aromatic hydroxyl groups is 1. The highest BCUT2D eigenvalue weighted by molar-refractivity contribution is 9.10. The van der Waals surface area contributed by atoms with Gasteiger partial charge in [0.15, 0.2) is 0 Å². The lowest BCUT2D eigenvalue weighted by Gasteiger charge is -2.00. The van der Waals surface area contributed by atoms with Crippen molar-refractivity contribution in [2.24, 2.45) is 4.99 Å². The molecule has 0 amide bonds. The molecule has 122 valence electrons. The Hall–Kier alpha value is -2.92. The highest BCUT2D eigenvalue weighted by atomic mass is 79.9. The predicted molar refractivity (Wildman–Crippen MR) is 105 cm³/mol. The second-order valence-electron chi connectivity index (χ2n) is 5.61. The minimum absolute atomic E-state index is 0.200. The van der Waals surface area contributed by atoms with E-state index in [-0.39, 0.29) is 5.75 Å². The van der Waals surface area contributed by atoms with Gasteiger partial charge in [-0.3, -0.25) is 4.99 Å². The average Bonchev–Trinajstić information content (AvgIpc) is 3.07. The lowest BCUT2D eigenvalue weighted by Crippen LogP contribution is -1.83. The number of phenolic OH excluding ortho intramolecular Hbond substituents is 1. The smallest absolute Gasteiger partial charge is 0.138 e. The van der Waals surface area contributed by atoms with E-state index in [1.165, 1.54) is 0 Å². The number of hydrogen-bond donors (Lipinski definition) is 2. The van der Waals surface area contributed by atoms with Crippen LogP contribution in [-0.4, -0.2) is 21.3 Å². The lowest BCUT2D eigenvalue weighted by molar-refractivity contribution is 0.474. The largest absolute Gasteiger partial charge is 0.507 e. The quantitative estimate of drug-likeness (QED) is 0.456. The van der Waals surface area contributed by atoms with Crippen molar-refractivity contribution < 1.29 is 5.11 Å². The summed E-state index contributed by atoms with van der Waals surface area (Å²) < 4.78 is 0.895. The molecule has 0 fully saturated rings. The van der Waals surface area contributed by atoms with Crippen LogP contribution in [0.1, 0.15) is 5.56 Å². The molecule has 0 aliphatic carbocycles. The summed E-state index contributed by atoms with van der Waals surface area (Å²) in [5, 5.41) is 9.85. The molecule has 1 aromatic heterocycles. The number of aromatic amines is 1. The standard InChI is InChI=1S/C20H14BrN3O/c21-15-7-10-19(25)14(11-15)12-22-16-8-5-13(6-9-16)20-23-17-3-1-2-4-18(17)24-20/h1-12,25H,(H,23,24). The molecule has 0 spiro atoms. The fourth-order valence-corrected chi connectivity index (χ4v) is 2.95. The summed E-state index contributed by atoms with van der Waals surface area (Å²) in [6.45, 7) is 0. The van der Waals surface area contributed by atoms with Crippen molar-refractivity contribution in [3.63, 3.8) is 0 Å². The van der Waals surface area contributed by atoms with E-state index in [2.05, 4.69) is 30.9 Å². The molecule has 3 aromatic carbocycles. The van der Waals surface area contributed by atoms with Gasteiger partial charge in [0.25, 0.3) is 0 Å². The number of halogens is 1. The molecule has 0 aliphatic heterocycles. The molecular formula is C20H14BrN3O. The van der Waals surface area contributed by atoms with E-state index in [9.17, 15) is 5.11 Å². The zero-order valence-electron chi connectivity index (χ0n) is 13.1. The van der Waals surface area contributed by atoms with Gasteiger partial charge in [0.1, 0.15) is 11.6 Å². The van der Waals surface area contributed by atoms with Crippen molar-refractivity contribution in [2.75, 3.05) is 0 Å². The first-order chi connectivity index (χ1) is 12.2. The number of fused-ring (bicyclic) bond motifs is 1. The van der Waals surface area contributed by atoms with Gasteiger partial charge in [-0.1, -0.05) is 28.1 Å². The maximum absolute atomic E-state index is 9.85. The number of nitrogens with zero attached hydrogens (tertiary/aromatic N) is 2. The summed E-state index contributed by atoms with van der Waals surface area (Å²) in [5.41, 5.74) is 4.44. The molecule has 5 heteroatoms. The molecule has 4 aromatic rings. The first-order valence-corrected chi connectivity index (χ1v) is 8.56. The summed E-state index contributed by atoms with van der Waals surface area (Å²) in [5.74, 6) is 1.03. The minimum atomic E-state index is 0.200. The Labute approximate surface area is 153 Å². The molecule has 25 heavy (non-hydrogen) atoms. The van der Waals surface area contributed by atoms with Gasteiger partial charge in [0.05, 0.1) is 16.7 Å². The van der Waals surface area contributed by atoms with Crippen molar-refractivity contribution in [3.8, 4) is 17.1 Å². The third-order valence-corrected chi connectivity index (χ3v) is 4.37. The van der Waals surface area contributed by atoms with E-state index in [0.717, 1.165) is 32.6 Å². The monoisotopic (exact) mass is 391 g/mol. The number of hydrogen-bond acceptors (Lipinski definition) is 3. The maximum atomic E-state index is 9.85. The van der Waals surface area contributed by atoms with Crippen LogP contribution in [0, 0.1) is 0 Å². The first kappa shape index (κ1) is 15.6. The van der Waals surface area contributed by atoms with Gasteiger partial charge in [-0.25, -0.2) is 4.98 Å². The van der Waals surface area contributed by atoms with Crippen LogP contribution in [-0.2, 0) is 0 Å². The number of phenols is 1. The average molecular weight is 392 g/mol. The van der Waals surface area contributed by atoms with Crippen molar-refractivity contribution in [2.45, 2.75) is 0 Å². The first-order valence-electron chi connectivity index (χ1n) is 7.77. The Kier molecular flexibility index (Phi) is 4.07. The molecule has 4 nitrogen and oxygen atoms in total. The van der Waals surface area contributed by atoms with E-state index in [0.29, 0.717) is 5.56 Å². The maximum Gasteiger partial charge on any atom is 0.138 e. The van der Waals surface area contributed by atoms with Crippen LogP contribution in [0.5, 0.6) is 5.75 Å². The zero-order valence-corrected chi connectivity index (χ0v) is 14.7. The Bertz CT molecular complexity index is 1030. The van der Waals surface area contributed by atoms with Gasteiger partial charge in [-0.05, 0) is 54.6 Å². The summed E-state index contributed by atoms with van der Waals surface area (Å²) in [6, 6.07) is 21.0. The molecule has 0 saturated heterocycles. The SMILES string of the molecule is Oc1ccc(Br)cc1C=Nc1ccc(-c2nc3ccccc3[nH]2)cc1. The number of benzene rings is 3. The number of nitrogens with one attached hydrogen (secondary N) is 1. The van der Waals surface area contributed by atoms with Crippen LogP contribution in [0.3, 0.4) is 0 Å². The Morgan fingerprint density at radius 3 is 2.60 bits per heavy atom. The second kappa shape index (κ2) is 6.53. The van der Waals surface area contributed by atoms with Gasteiger partial charge in [0.2, 0.25) is 0 Å². The van der Waals surface area contributed by atoms with Crippen molar-refractivity contribution in [3.05, 3.63) is 76.8 Å². The third-order valence-electron chi connectivity index (χ3n) is 3.87. The molecule has 0 unspecified atom stereocenters. The summed E-state index contributed by atoms with van der Waals surface area (Å²) in [4.78, 5) is 12.3. The zero-order chi connectivity index (χ0) is 17.2. The summed E-state index contributed by atoms with van der Waals surface area (Å²) in [6.07, 6.45) is 1.65. The highest BCUT2D eigenvalue weighted by Gasteiger charge is 2.04. The number of aromatic nitrogens is 2. The van der Waals surface area contributed by atoms with Crippen LogP contribution in [0.4, 0.5) is 5.69 Å². The van der Waals surface area contributed by atoms with E-state index in [1.807, 2.05) is 54.6 Å². The van der Waals surface area contributed by atoms with E-state index >= 15 is 0 Å². The number of imidazole rings is 1. The van der Waals surface area contributed by atoms with Gasteiger partial charge in [-0.2, -0.15) is 0 Å². The number of aliphatic imine (C=N–C) groups is 1. The van der Waals surface area contributed by atoms with Gasteiger partial charge in [0, 0.05) is 21.8 Å². The highest BCUT2D eigenvalue weighted by Crippen LogP contribution is 2.24. The van der Waals surface area contributed by atoms with Gasteiger partial charge >= 0.3 is 0 Å². The minimum Gasteiger partial charge on any atom is -0.507 e. The Balaban J connectivity index is 1.59. The fourth-order valence-electron chi connectivity index (χ4n) is 2.57.